The Hall–Kier alpha value is -1.16. The fourth-order valence-electron chi connectivity index (χ4n) is 1.73. The highest BCUT2D eigenvalue weighted by Crippen LogP contribution is 2.32. The molecule has 16 heavy (non-hydrogen) atoms. The molecule has 0 amide bonds. The molecule has 4 heteroatoms. The minimum atomic E-state index is -0.648. The van der Waals surface area contributed by atoms with Gasteiger partial charge in [0.05, 0.1) is 0 Å². The van der Waals surface area contributed by atoms with Crippen LogP contribution < -0.4 is 10.1 Å². The molecule has 1 aliphatic carbocycles. The Morgan fingerprint density at radius 1 is 1.44 bits per heavy atom. The van der Waals surface area contributed by atoms with Gasteiger partial charge in [0, 0.05) is 12.1 Å². The van der Waals surface area contributed by atoms with Crippen LogP contribution in [0.5, 0.6) is 5.75 Å². The van der Waals surface area contributed by atoms with Crippen LogP contribution in [0.4, 0.5) is 8.78 Å². The minimum Gasteiger partial charge on any atom is -0.489 e. The van der Waals surface area contributed by atoms with Gasteiger partial charge in [-0.1, -0.05) is 0 Å². The van der Waals surface area contributed by atoms with E-state index in [0.717, 1.165) is 6.07 Å². The highest BCUT2D eigenvalue weighted by atomic mass is 19.1. The number of rotatable bonds is 5. The predicted octanol–water partition coefficient (Wildman–Crippen LogP) is 2.34. The minimum absolute atomic E-state index is 0.113. The molecule has 1 aromatic carbocycles. The Bertz CT molecular complexity index is 366. The van der Waals surface area contributed by atoms with Crippen molar-refractivity contribution in [3.8, 4) is 5.75 Å². The number of hydrogen-bond acceptors (Lipinski definition) is 2. The van der Waals surface area contributed by atoms with Gasteiger partial charge >= 0.3 is 0 Å². The van der Waals surface area contributed by atoms with E-state index in [0.29, 0.717) is 12.5 Å². The lowest BCUT2D eigenvalue weighted by Crippen LogP contribution is -2.33. The van der Waals surface area contributed by atoms with Gasteiger partial charge in [0.25, 0.3) is 0 Å². The number of halogens is 2. The molecule has 1 atom stereocenters. The smallest absolute Gasteiger partial charge is 0.167 e. The van der Waals surface area contributed by atoms with Crippen molar-refractivity contribution in [3.05, 3.63) is 29.8 Å². The number of nitrogens with one attached hydrogen (secondary N) is 1. The molecule has 1 N–H and O–H groups in total. The Kier molecular flexibility index (Phi) is 3.39. The van der Waals surface area contributed by atoms with E-state index in [-0.39, 0.29) is 11.8 Å². The molecule has 1 unspecified atom stereocenters. The van der Waals surface area contributed by atoms with E-state index in [1.54, 1.807) is 0 Å². The number of ether oxygens (including phenoxy) is 1. The summed E-state index contributed by atoms with van der Waals surface area (Å²) in [4.78, 5) is 0. The Morgan fingerprint density at radius 2 is 2.19 bits per heavy atom. The summed E-state index contributed by atoms with van der Waals surface area (Å²) in [5, 5.41) is 3.14. The fraction of sp³-hybridized carbons (Fsp3) is 0.500. The molecule has 1 fully saturated rings. The summed E-state index contributed by atoms with van der Waals surface area (Å²) in [5.41, 5.74) is 0. The molecule has 0 heterocycles. The van der Waals surface area contributed by atoms with Crippen molar-refractivity contribution in [3.63, 3.8) is 0 Å². The zero-order valence-corrected chi connectivity index (χ0v) is 9.17. The van der Waals surface area contributed by atoms with E-state index in [9.17, 15) is 8.78 Å². The third kappa shape index (κ3) is 2.70. The quantitative estimate of drug-likeness (QED) is 0.833. The molecule has 2 rings (SSSR count). The van der Waals surface area contributed by atoms with Crippen LogP contribution >= 0.6 is 0 Å². The number of likely N-dealkylation sites (N-methyl/N-ethyl adjacent to an activating group) is 1. The maximum atomic E-state index is 13.2. The molecular formula is C12H15F2NO. The largest absolute Gasteiger partial charge is 0.489 e. The number of benzene rings is 1. The third-order valence-corrected chi connectivity index (χ3v) is 2.87. The second kappa shape index (κ2) is 4.78. The lowest BCUT2D eigenvalue weighted by Gasteiger charge is -2.16. The fourth-order valence-corrected chi connectivity index (χ4v) is 1.73. The van der Waals surface area contributed by atoms with Crippen molar-refractivity contribution in [2.75, 3.05) is 13.7 Å². The summed E-state index contributed by atoms with van der Waals surface area (Å²) in [6, 6.07) is 3.61. The zero-order chi connectivity index (χ0) is 11.5. The van der Waals surface area contributed by atoms with Crippen LogP contribution in [-0.4, -0.2) is 19.7 Å². The summed E-state index contributed by atoms with van der Waals surface area (Å²) in [5.74, 6) is -0.487. The van der Waals surface area contributed by atoms with Gasteiger partial charge < -0.3 is 10.1 Å². The van der Waals surface area contributed by atoms with Gasteiger partial charge in [-0.2, -0.15) is 0 Å². The van der Waals surface area contributed by atoms with Crippen LogP contribution in [0.3, 0.4) is 0 Å². The van der Waals surface area contributed by atoms with E-state index in [1.807, 2.05) is 7.05 Å². The molecular weight excluding hydrogens is 212 g/mol. The topological polar surface area (TPSA) is 21.3 Å². The Balaban J connectivity index is 1.92. The Labute approximate surface area is 93.6 Å². The zero-order valence-electron chi connectivity index (χ0n) is 9.17. The predicted molar refractivity (Wildman–Crippen MR) is 57.4 cm³/mol. The number of hydrogen-bond donors (Lipinski definition) is 1. The summed E-state index contributed by atoms with van der Waals surface area (Å²) in [6.45, 7) is 0.420. The summed E-state index contributed by atoms with van der Waals surface area (Å²) >= 11 is 0. The molecule has 1 aliphatic rings. The molecule has 88 valence electrons. The average molecular weight is 227 g/mol. The van der Waals surface area contributed by atoms with Crippen molar-refractivity contribution in [2.24, 2.45) is 5.92 Å². The van der Waals surface area contributed by atoms with Gasteiger partial charge in [-0.15, -0.1) is 0 Å². The lowest BCUT2D eigenvalue weighted by molar-refractivity contribution is 0.246. The van der Waals surface area contributed by atoms with Crippen LogP contribution in [0.2, 0.25) is 0 Å². The third-order valence-electron chi connectivity index (χ3n) is 2.87. The monoisotopic (exact) mass is 227 g/mol. The lowest BCUT2D eigenvalue weighted by atomic mass is 10.2. The summed E-state index contributed by atoms with van der Waals surface area (Å²) in [7, 11) is 1.87. The van der Waals surface area contributed by atoms with Gasteiger partial charge in [-0.05, 0) is 37.9 Å². The molecule has 1 saturated carbocycles. The molecule has 0 aromatic heterocycles. The van der Waals surface area contributed by atoms with Crippen molar-refractivity contribution in [2.45, 2.75) is 18.9 Å². The maximum Gasteiger partial charge on any atom is 0.167 e. The first-order valence-corrected chi connectivity index (χ1v) is 5.46. The SMILES string of the molecule is CNC(COc1ccc(F)cc1F)C1CC1. The molecule has 0 spiro atoms. The van der Waals surface area contributed by atoms with Gasteiger partial charge in [0.1, 0.15) is 12.4 Å². The second-order valence-electron chi connectivity index (χ2n) is 4.12. The summed E-state index contributed by atoms with van der Waals surface area (Å²) in [6.07, 6.45) is 2.39. The van der Waals surface area contributed by atoms with Crippen molar-refractivity contribution in [1.29, 1.82) is 0 Å². The van der Waals surface area contributed by atoms with Gasteiger partial charge in [-0.3, -0.25) is 0 Å². The second-order valence-corrected chi connectivity index (χ2v) is 4.12. The van der Waals surface area contributed by atoms with E-state index in [1.165, 1.54) is 25.0 Å². The molecule has 1 aromatic rings. The van der Waals surface area contributed by atoms with Crippen LogP contribution in [0.15, 0.2) is 18.2 Å². The van der Waals surface area contributed by atoms with Gasteiger partial charge in [0.2, 0.25) is 0 Å². The summed E-state index contributed by atoms with van der Waals surface area (Å²) < 4.78 is 31.2. The molecule has 0 bridgehead atoms. The first-order chi connectivity index (χ1) is 7.70. The average Bonchev–Trinajstić information content (AvgIpc) is 3.06. The standard InChI is InChI=1S/C12H15F2NO/c1-15-11(8-2-3-8)7-16-12-5-4-9(13)6-10(12)14/h4-6,8,11,15H,2-3,7H2,1H3. The highest BCUT2D eigenvalue weighted by Gasteiger charge is 2.30. The van der Waals surface area contributed by atoms with E-state index in [4.69, 9.17) is 4.74 Å². The first kappa shape index (κ1) is 11.3. The maximum absolute atomic E-state index is 13.2. The first-order valence-electron chi connectivity index (χ1n) is 5.46. The Morgan fingerprint density at radius 3 is 2.75 bits per heavy atom. The molecule has 0 radical (unpaired) electrons. The van der Waals surface area contributed by atoms with Crippen molar-refractivity contribution >= 4 is 0 Å². The molecule has 0 saturated heterocycles. The molecule has 0 aliphatic heterocycles. The van der Waals surface area contributed by atoms with Crippen LogP contribution in [0.1, 0.15) is 12.8 Å². The van der Waals surface area contributed by atoms with Gasteiger partial charge in [0.15, 0.2) is 11.6 Å². The van der Waals surface area contributed by atoms with Crippen LogP contribution in [0, 0.1) is 17.6 Å². The van der Waals surface area contributed by atoms with Crippen molar-refractivity contribution < 1.29 is 13.5 Å². The van der Waals surface area contributed by atoms with E-state index in [2.05, 4.69) is 5.32 Å². The van der Waals surface area contributed by atoms with Crippen molar-refractivity contribution in [1.82, 2.24) is 5.32 Å². The van der Waals surface area contributed by atoms with Gasteiger partial charge in [-0.25, -0.2) is 8.78 Å². The normalized spacial score (nSPS) is 17.2. The van der Waals surface area contributed by atoms with Crippen LogP contribution in [0.25, 0.3) is 0 Å². The molecule has 2 nitrogen and oxygen atoms in total. The van der Waals surface area contributed by atoms with E-state index < -0.39 is 11.6 Å². The van der Waals surface area contributed by atoms with Crippen LogP contribution in [-0.2, 0) is 0 Å². The highest BCUT2D eigenvalue weighted by molar-refractivity contribution is 5.24. The van der Waals surface area contributed by atoms with E-state index >= 15 is 0 Å².